The van der Waals surface area contributed by atoms with Crippen LogP contribution < -0.4 is 0 Å². The molecular formula is C35H26. The molecule has 0 spiro atoms. The van der Waals surface area contributed by atoms with Crippen molar-refractivity contribution in [2.75, 3.05) is 0 Å². The fraction of sp³-hybridized carbons (Fsp3) is 0.143. The van der Waals surface area contributed by atoms with Crippen molar-refractivity contribution in [3.8, 4) is 11.1 Å². The highest BCUT2D eigenvalue weighted by Crippen LogP contribution is 2.58. The van der Waals surface area contributed by atoms with E-state index in [1.807, 2.05) is 0 Å². The third-order valence-corrected chi connectivity index (χ3v) is 8.66. The second-order valence-corrected chi connectivity index (χ2v) is 10.6. The van der Waals surface area contributed by atoms with Crippen LogP contribution in [0, 0.1) is 12.8 Å². The van der Waals surface area contributed by atoms with Crippen molar-refractivity contribution < 1.29 is 0 Å². The summed E-state index contributed by atoms with van der Waals surface area (Å²) < 4.78 is 0. The van der Waals surface area contributed by atoms with Gasteiger partial charge in [-0.25, -0.2) is 0 Å². The number of rotatable bonds is 2. The fourth-order valence-electron chi connectivity index (χ4n) is 6.91. The maximum Gasteiger partial charge on any atom is 0.0714 e. The minimum absolute atomic E-state index is 0.342. The molecule has 5 aromatic carbocycles. The summed E-state index contributed by atoms with van der Waals surface area (Å²) in [6.45, 7) is 2.22. The van der Waals surface area contributed by atoms with E-state index in [1.54, 1.807) is 0 Å². The predicted octanol–water partition coefficient (Wildman–Crippen LogP) is 8.64. The number of hydrogen-bond donors (Lipinski definition) is 0. The van der Waals surface area contributed by atoms with Crippen LogP contribution >= 0.6 is 0 Å². The maximum atomic E-state index is 2.49. The molecule has 0 aromatic heterocycles. The highest BCUT2D eigenvalue weighted by Gasteiger charge is 2.47. The molecule has 3 aliphatic rings. The summed E-state index contributed by atoms with van der Waals surface area (Å²) in [5.74, 6) is 1.49. The van der Waals surface area contributed by atoms with Gasteiger partial charge in [0.2, 0.25) is 0 Å². The van der Waals surface area contributed by atoms with Gasteiger partial charge in [-0.3, -0.25) is 0 Å². The first kappa shape index (κ1) is 19.4. The molecule has 3 aliphatic carbocycles. The molecule has 0 heteroatoms. The third-order valence-electron chi connectivity index (χ3n) is 8.66. The first-order valence-corrected chi connectivity index (χ1v) is 12.8. The van der Waals surface area contributed by atoms with E-state index in [2.05, 4.69) is 122 Å². The van der Waals surface area contributed by atoms with Gasteiger partial charge in [0.1, 0.15) is 0 Å². The zero-order valence-corrected chi connectivity index (χ0v) is 19.8. The summed E-state index contributed by atoms with van der Waals surface area (Å²) in [6, 6.07) is 39.2. The smallest absolute Gasteiger partial charge is 0.0714 e. The van der Waals surface area contributed by atoms with Gasteiger partial charge >= 0.3 is 0 Å². The lowest BCUT2D eigenvalue weighted by molar-refractivity contribution is 0.767. The van der Waals surface area contributed by atoms with Gasteiger partial charge in [0.25, 0.3) is 0 Å². The van der Waals surface area contributed by atoms with Gasteiger partial charge < -0.3 is 0 Å². The van der Waals surface area contributed by atoms with Crippen LogP contribution in [-0.2, 0) is 5.41 Å². The van der Waals surface area contributed by atoms with Crippen LogP contribution in [0.1, 0.15) is 51.3 Å². The highest BCUT2D eigenvalue weighted by atomic mass is 14.5. The van der Waals surface area contributed by atoms with Crippen molar-refractivity contribution in [2.24, 2.45) is 5.92 Å². The van der Waals surface area contributed by atoms with Crippen LogP contribution in [0.25, 0.3) is 28.0 Å². The lowest BCUT2D eigenvalue weighted by Gasteiger charge is -2.35. The SMILES string of the molecule is Cc1ccc2c(c1)C(c1ccc3c(c1)C=C[C@H]1CC31)(c1ccc3ccccc3c1)c1ccccc1-2. The zero-order valence-electron chi connectivity index (χ0n) is 19.8. The maximum absolute atomic E-state index is 2.49. The van der Waals surface area contributed by atoms with Crippen molar-refractivity contribution in [3.05, 3.63) is 148 Å². The lowest BCUT2D eigenvalue weighted by Crippen LogP contribution is -2.29. The minimum Gasteiger partial charge on any atom is -0.0802 e. The van der Waals surface area contributed by atoms with Gasteiger partial charge in [0.05, 0.1) is 5.41 Å². The summed E-state index contributed by atoms with van der Waals surface area (Å²) in [7, 11) is 0. The zero-order chi connectivity index (χ0) is 23.1. The Morgan fingerprint density at radius 2 is 1.43 bits per heavy atom. The highest BCUT2D eigenvalue weighted by molar-refractivity contribution is 5.89. The van der Waals surface area contributed by atoms with Crippen LogP contribution in [0.4, 0.5) is 0 Å². The molecule has 0 saturated heterocycles. The van der Waals surface area contributed by atoms with Crippen molar-refractivity contribution in [1.29, 1.82) is 0 Å². The largest absolute Gasteiger partial charge is 0.0802 e. The van der Waals surface area contributed by atoms with E-state index in [0.29, 0.717) is 0 Å². The monoisotopic (exact) mass is 446 g/mol. The Labute approximate surface area is 206 Å². The van der Waals surface area contributed by atoms with E-state index < -0.39 is 0 Å². The summed E-state index contributed by atoms with van der Waals surface area (Å²) in [4.78, 5) is 0. The van der Waals surface area contributed by atoms with E-state index in [-0.39, 0.29) is 5.41 Å². The summed E-state index contributed by atoms with van der Waals surface area (Å²) in [5, 5.41) is 2.58. The molecule has 2 unspecified atom stereocenters. The third kappa shape index (κ3) is 2.57. The van der Waals surface area contributed by atoms with Gasteiger partial charge in [-0.15, -0.1) is 0 Å². The van der Waals surface area contributed by atoms with E-state index in [1.165, 1.54) is 67.3 Å². The van der Waals surface area contributed by atoms with Crippen LogP contribution in [0.3, 0.4) is 0 Å². The predicted molar refractivity (Wildman–Crippen MR) is 146 cm³/mol. The molecule has 1 fully saturated rings. The van der Waals surface area contributed by atoms with Gasteiger partial charge in [-0.05, 0) is 92.6 Å². The number of allylic oxidation sites excluding steroid dienone is 1. The Kier molecular flexibility index (Phi) is 3.79. The Morgan fingerprint density at radius 1 is 0.657 bits per heavy atom. The summed E-state index contributed by atoms with van der Waals surface area (Å²) in [6.07, 6.45) is 6.11. The number of benzene rings is 5. The van der Waals surface area contributed by atoms with Crippen molar-refractivity contribution in [2.45, 2.75) is 24.7 Å². The molecule has 8 rings (SSSR count). The van der Waals surface area contributed by atoms with Gasteiger partial charge in [-0.1, -0.05) is 109 Å². The average Bonchev–Trinajstić information content (AvgIpc) is 3.65. The van der Waals surface area contributed by atoms with E-state index in [9.17, 15) is 0 Å². The quantitative estimate of drug-likeness (QED) is 0.250. The molecule has 0 N–H and O–H groups in total. The molecule has 0 amide bonds. The van der Waals surface area contributed by atoms with Crippen molar-refractivity contribution >= 4 is 16.8 Å². The molecule has 0 radical (unpaired) electrons. The molecule has 0 nitrogen and oxygen atoms in total. The standard InChI is InChI=1S/C35H26/c1-22-10-16-31-30-8-4-5-9-33(30)35(34(31)18-22,27-14-13-23-6-2-3-7-24(23)19-27)28-15-17-29-25(20-28)11-12-26-21-32(26)29/h2-20,26,32H,21H2,1H3/t26-,32?,35?/m0/s1. The molecule has 35 heavy (non-hydrogen) atoms. The Balaban J connectivity index is 1.50. The molecule has 0 bridgehead atoms. The van der Waals surface area contributed by atoms with Gasteiger partial charge in [0, 0.05) is 0 Å². The normalized spacial score (nSPS) is 22.9. The second kappa shape index (κ2) is 6.83. The van der Waals surface area contributed by atoms with Crippen LogP contribution in [0.15, 0.2) is 109 Å². The first-order chi connectivity index (χ1) is 17.2. The molecule has 1 saturated carbocycles. The first-order valence-electron chi connectivity index (χ1n) is 12.8. The van der Waals surface area contributed by atoms with Gasteiger partial charge in [-0.2, -0.15) is 0 Å². The average molecular weight is 447 g/mol. The Hall–Kier alpha value is -3.90. The minimum atomic E-state index is -0.342. The number of hydrogen-bond acceptors (Lipinski definition) is 0. The molecule has 5 aromatic rings. The Morgan fingerprint density at radius 3 is 2.37 bits per heavy atom. The summed E-state index contributed by atoms with van der Waals surface area (Å²) >= 11 is 0. The van der Waals surface area contributed by atoms with Gasteiger partial charge in [0.15, 0.2) is 0 Å². The molecule has 0 aliphatic heterocycles. The van der Waals surface area contributed by atoms with E-state index in [0.717, 1.165) is 11.8 Å². The second-order valence-electron chi connectivity index (χ2n) is 10.6. The van der Waals surface area contributed by atoms with Crippen LogP contribution in [-0.4, -0.2) is 0 Å². The van der Waals surface area contributed by atoms with Crippen molar-refractivity contribution in [1.82, 2.24) is 0 Å². The van der Waals surface area contributed by atoms with Crippen LogP contribution in [0.2, 0.25) is 0 Å². The van der Waals surface area contributed by atoms with Crippen LogP contribution in [0.5, 0.6) is 0 Å². The van der Waals surface area contributed by atoms with E-state index in [4.69, 9.17) is 0 Å². The topological polar surface area (TPSA) is 0 Å². The number of fused-ring (bicyclic) bond motifs is 7. The van der Waals surface area contributed by atoms with Crippen molar-refractivity contribution in [3.63, 3.8) is 0 Å². The molecule has 0 heterocycles. The lowest BCUT2D eigenvalue weighted by atomic mass is 9.66. The molecule has 3 atom stereocenters. The molecular weight excluding hydrogens is 420 g/mol. The van der Waals surface area contributed by atoms with E-state index >= 15 is 0 Å². The fourth-order valence-corrected chi connectivity index (χ4v) is 6.91. The number of aryl methyl sites for hydroxylation is 1. The molecule has 166 valence electrons. The summed E-state index contributed by atoms with van der Waals surface area (Å²) in [5.41, 5.74) is 12.1. The Bertz CT molecular complexity index is 1700.